The summed E-state index contributed by atoms with van der Waals surface area (Å²) in [6.07, 6.45) is 2.37. The number of hydrogen-bond acceptors (Lipinski definition) is 7. The number of anilines is 1. The van der Waals surface area contributed by atoms with Crippen LogP contribution in [0.15, 0.2) is 66.0 Å². The van der Waals surface area contributed by atoms with E-state index in [4.69, 9.17) is 20.4 Å². The van der Waals surface area contributed by atoms with E-state index in [0.717, 1.165) is 46.9 Å². The third kappa shape index (κ3) is 5.01. The zero-order valence-electron chi connectivity index (χ0n) is 22.0. The molecule has 9 heteroatoms. The second-order valence-corrected chi connectivity index (χ2v) is 10.7. The average Bonchev–Trinajstić information content (AvgIpc) is 3.32. The molecule has 1 amide bonds. The van der Waals surface area contributed by atoms with Gasteiger partial charge in [-0.2, -0.15) is 0 Å². The summed E-state index contributed by atoms with van der Waals surface area (Å²) in [5.74, 6) is 0.963. The van der Waals surface area contributed by atoms with Crippen LogP contribution in [-0.2, 0) is 27.4 Å². The molecule has 0 aliphatic carbocycles. The lowest BCUT2D eigenvalue weighted by atomic mass is 9.82. The first-order valence-electron chi connectivity index (χ1n) is 12.9. The minimum atomic E-state index is -1.11. The lowest BCUT2D eigenvalue weighted by Gasteiger charge is -2.36. The first-order chi connectivity index (χ1) is 18.4. The first kappa shape index (κ1) is 26.2. The molecular formula is C29H34N6O2S. The highest BCUT2D eigenvalue weighted by Gasteiger charge is 2.42. The summed E-state index contributed by atoms with van der Waals surface area (Å²) in [6, 6.07) is 18.7. The van der Waals surface area contributed by atoms with Crippen LogP contribution in [0.3, 0.4) is 0 Å². The molecule has 3 heterocycles. The Hall–Kier alpha value is -3.40. The number of imidazole rings is 1. The Morgan fingerprint density at radius 3 is 2.61 bits per heavy atom. The van der Waals surface area contributed by atoms with E-state index in [0.29, 0.717) is 30.1 Å². The number of carbonyl (C=O) groups is 1. The van der Waals surface area contributed by atoms with Crippen LogP contribution in [-0.4, -0.2) is 46.7 Å². The second kappa shape index (κ2) is 11.1. The number of carbonyl (C=O) groups excluding carboxylic acids is 1. The van der Waals surface area contributed by atoms with Gasteiger partial charge < -0.3 is 25.7 Å². The van der Waals surface area contributed by atoms with Gasteiger partial charge in [0.25, 0.3) is 0 Å². The van der Waals surface area contributed by atoms with Gasteiger partial charge in [-0.05, 0) is 59.9 Å². The maximum absolute atomic E-state index is 13.4. The molecule has 3 aliphatic heterocycles. The van der Waals surface area contributed by atoms with E-state index in [9.17, 15) is 4.79 Å². The Balaban J connectivity index is 1.49. The molecule has 1 fully saturated rings. The summed E-state index contributed by atoms with van der Waals surface area (Å²) >= 11 is 1.57. The van der Waals surface area contributed by atoms with Gasteiger partial charge in [0.15, 0.2) is 11.0 Å². The number of hydrogen-bond donors (Lipinski definition) is 3. The number of methoxy groups -OCH3 is 1. The molecule has 3 aliphatic rings. The van der Waals surface area contributed by atoms with E-state index in [-0.39, 0.29) is 0 Å². The van der Waals surface area contributed by atoms with E-state index in [1.165, 1.54) is 5.56 Å². The Morgan fingerprint density at radius 1 is 1.18 bits per heavy atom. The predicted molar refractivity (Wildman–Crippen MR) is 151 cm³/mol. The number of primary amides is 1. The molecule has 1 saturated heterocycles. The summed E-state index contributed by atoms with van der Waals surface area (Å²) in [6.45, 7) is 6.46. The van der Waals surface area contributed by atoms with Gasteiger partial charge in [-0.3, -0.25) is 4.79 Å². The number of pyridine rings is 1. The summed E-state index contributed by atoms with van der Waals surface area (Å²) in [5.41, 5.74) is 11.0. The Morgan fingerprint density at radius 2 is 1.95 bits per heavy atom. The number of nitrogens with one attached hydrogen (secondary N) is 2. The molecule has 0 saturated carbocycles. The van der Waals surface area contributed by atoms with Crippen LogP contribution < -0.4 is 16.4 Å². The fraction of sp³-hybridized carbons (Fsp3) is 0.345. The van der Waals surface area contributed by atoms with Gasteiger partial charge in [0.1, 0.15) is 11.2 Å². The molecular weight excluding hydrogens is 496 g/mol. The van der Waals surface area contributed by atoms with E-state index >= 15 is 0 Å². The largest absolute Gasteiger partial charge is 0.380 e. The van der Waals surface area contributed by atoms with E-state index < -0.39 is 11.4 Å². The van der Waals surface area contributed by atoms with Crippen molar-refractivity contribution in [3.8, 4) is 11.5 Å². The van der Waals surface area contributed by atoms with Crippen LogP contribution in [0.5, 0.6) is 0 Å². The Labute approximate surface area is 227 Å². The highest BCUT2D eigenvalue weighted by molar-refractivity contribution is 7.98. The van der Waals surface area contributed by atoms with Crippen molar-refractivity contribution < 1.29 is 9.53 Å². The van der Waals surface area contributed by atoms with Crippen molar-refractivity contribution in [1.82, 2.24) is 19.9 Å². The van der Waals surface area contributed by atoms with E-state index in [1.54, 1.807) is 18.9 Å². The zero-order chi connectivity index (χ0) is 26.7. The van der Waals surface area contributed by atoms with Crippen molar-refractivity contribution in [3.63, 3.8) is 0 Å². The molecule has 8 nitrogen and oxygen atoms in total. The molecule has 198 valence electrons. The lowest BCUT2D eigenvalue weighted by Crippen LogP contribution is -2.51. The SMILES string of the molecule is CCC(C(N)=O)(c1cc(NC2CNC2)ccc1C)n1cccc2nc(SCc3ccc(COC)cc3)nc1-2. The summed E-state index contributed by atoms with van der Waals surface area (Å²) in [5, 5.41) is 7.50. The van der Waals surface area contributed by atoms with Gasteiger partial charge >= 0.3 is 0 Å². The highest BCUT2D eigenvalue weighted by atomic mass is 32.2. The molecule has 4 N–H and O–H groups in total. The zero-order valence-corrected chi connectivity index (χ0v) is 22.8. The molecule has 0 spiro atoms. The molecule has 2 aromatic carbocycles. The fourth-order valence-corrected chi connectivity index (χ4v) is 5.83. The van der Waals surface area contributed by atoms with Crippen molar-refractivity contribution in [3.05, 3.63) is 83.0 Å². The number of amides is 1. The van der Waals surface area contributed by atoms with Gasteiger partial charge in [-0.1, -0.05) is 49.0 Å². The van der Waals surface area contributed by atoms with Gasteiger partial charge in [0, 0.05) is 37.8 Å². The molecule has 1 unspecified atom stereocenters. The maximum atomic E-state index is 13.4. The smallest absolute Gasteiger partial charge is 0.248 e. The molecule has 0 bridgehead atoms. The number of nitrogens with two attached hydrogens (primary N) is 1. The third-order valence-electron chi connectivity index (χ3n) is 7.23. The van der Waals surface area contributed by atoms with Crippen molar-refractivity contribution in [2.24, 2.45) is 5.73 Å². The maximum Gasteiger partial charge on any atom is 0.248 e. The molecule has 0 radical (unpaired) electrons. The van der Waals surface area contributed by atoms with Gasteiger partial charge in [-0.25, -0.2) is 9.97 Å². The molecule has 1 atom stereocenters. The molecule has 38 heavy (non-hydrogen) atoms. The van der Waals surface area contributed by atoms with Crippen LogP contribution in [0.1, 0.15) is 35.6 Å². The number of benzene rings is 2. The minimum Gasteiger partial charge on any atom is -0.380 e. The van der Waals surface area contributed by atoms with Gasteiger partial charge in [0.2, 0.25) is 5.91 Å². The summed E-state index contributed by atoms with van der Waals surface area (Å²) in [7, 11) is 1.70. The topological polar surface area (TPSA) is 107 Å². The van der Waals surface area contributed by atoms with Crippen molar-refractivity contribution >= 4 is 23.4 Å². The quantitative estimate of drug-likeness (QED) is 0.250. The predicted octanol–water partition coefficient (Wildman–Crippen LogP) is 4.15. The van der Waals surface area contributed by atoms with Crippen molar-refractivity contribution in [2.45, 2.75) is 49.4 Å². The van der Waals surface area contributed by atoms with Gasteiger partial charge in [-0.15, -0.1) is 0 Å². The standard InChI is InChI=1S/C29H34N6O2S/c1-4-29(27(30)36,24-14-22(12-7-19(24)2)32-23-15-31-16-23)35-13-5-6-25-26(35)34-28(33-25)38-18-21-10-8-20(9-11-21)17-37-3/h5-14,23,31-32H,4,15-18H2,1-3H3,(H2,30,36). The van der Waals surface area contributed by atoms with Crippen LogP contribution >= 0.6 is 11.8 Å². The third-order valence-corrected chi connectivity index (χ3v) is 8.15. The summed E-state index contributed by atoms with van der Waals surface area (Å²) < 4.78 is 7.11. The normalized spacial score (nSPS) is 15.2. The monoisotopic (exact) mass is 530 g/mol. The highest BCUT2D eigenvalue weighted by Crippen LogP contribution is 2.38. The number of aryl methyl sites for hydroxylation is 1. The molecule has 5 rings (SSSR count). The number of rotatable bonds is 11. The minimum absolute atomic E-state index is 0.378. The number of aromatic nitrogens is 3. The van der Waals surface area contributed by atoms with E-state index in [2.05, 4.69) is 47.0 Å². The van der Waals surface area contributed by atoms with Crippen molar-refractivity contribution in [2.75, 3.05) is 25.5 Å². The fourth-order valence-electron chi connectivity index (χ4n) is 5.02. The Kier molecular flexibility index (Phi) is 7.69. The Bertz CT molecular complexity index is 1380. The van der Waals surface area contributed by atoms with Crippen LogP contribution in [0.25, 0.3) is 11.5 Å². The summed E-state index contributed by atoms with van der Waals surface area (Å²) in [4.78, 5) is 23.0. The average molecular weight is 531 g/mol. The van der Waals surface area contributed by atoms with Gasteiger partial charge in [0.05, 0.1) is 12.6 Å². The number of ether oxygens (including phenoxy) is 1. The first-order valence-corrected chi connectivity index (χ1v) is 13.9. The number of thioether (sulfide) groups is 1. The number of nitrogens with zero attached hydrogens (tertiary/aromatic N) is 3. The van der Waals surface area contributed by atoms with Crippen molar-refractivity contribution in [1.29, 1.82) is 0 Å². The van der Waals surface area contributed by atoms with E-state index in [1.807, 2.05) is 42.8 Å². The van der Waals surface area contributed by atoms with Crippen LogP contribution in [0.4, 0.5) is 5.69 Å². The number of fused-ring (bicyclic) bond motifs is 1. The molecule has 2 aromatic rings. The van der Waals surface area contributed by atoms with Crippen LogP contribution in [0.2, 0.25) is 0 Å². The van der Waals surface area contributed by atoms with Crippen LogP contribution in [0, 0.1) is 6.92 Å². The second-order valence-electron chi connectivity index (χ2n) is 9.74. The molecule has 0 aromatic heterocycles. The lowest BCUT2D eigenvalue weighted by molar-refractivity contribution is -0.124.